The van der Waals surface area contributed by atoms with Gasteiger partial charge in [0.15, 0.2) is 0 Å². The zero-order valence-corrected chi connectivity index (χ0v) is 12.6. The molecule has 0 aliphatic carbocycles. The van der Waals surface area contributed by atoms with E-state index in [2.05, 4.69) is 26.2 Å². The van der Waals surface area contributed by atoms with Gasteiger partial charge in [-0.2, -0.15) is 0 Å². The fourth-order valence-corrected chi connectivity index (χ4v) is 2.76. The third-order valence-electron chi connectivity index (χ3n) is 3.53. The zero-order valence-electron chi connectivity index (χ0n) is 11.0. The fourth-order valence-electron chi connectivity index (χ4n) is 2.39. The summed E-state index contributed by atoms with van der Waals surface area (Å²) in [4.78, 5) is 16.6. The maximum absolute atomic E-state index is 14.0. The van der Waals surface area contributed by atoms with Crippen molar-refractivity contribution in [2.24, 2.45) is 0 Å². The van der Waals surface area contributed by atoms with E-state index in [0.29, 0.717) is 30.8 Å². The first-order valence-electron chi connectivity index (χ1n) is 6.48. The van der Waals surface area contributed by atoms with Crippen LogP contribution in [0.25, 0.3) is 0 Å². The average molecular weight is 356 g/mol. The van der Waals surface area contributed by atoms with Gasteiger partial charge in [-0.25, -0.2) is 13.8 Å². The van der Waals surface area contributed by atoms with Crippen molar-refractivity contribution in [1.29, 1.82) is 0 Å². The predicted molar refractivity (Wildman–Crippen MR) is 77.1 cm³/mol. The number of aromatic nitrogens is 2. The van der Waals surface area contributed by atoms with Crippen molar-refractivity contribution >= 4 is 15.9 Å². The van der Waals surface area contributed by atoms with Crippen molar-refractivity contribution in [2.75, 3.05) is 6.54 Å². The van der Waals surface area contributed by atoms with Crippen LogP contribution in [0.1, 0.15) is 16.8 Å². The Balaban J connectivity index is 2.04. The molecule has 0 fully saturated rings. The predicted octanol–water partition coefficient (Wildman–Crippen LogP) is 1.98. The molecule has 1 aromatic carbocycles. The standard InChI is InChI=1S/C14H12BrF2N3O/c15-10-1-2-11(16)9(13(10)17)6-20-7-19-12-5-18-4-3-8(12)14(20)21/h1-2,7,18H,3-6H2. The van der Waals surface area contributed by atoms with Crippen LogP contribution < -0.4 is 10.9 Å². The number of fused-ring (bicyclic) bond motifs is 1. The van der Waals surface area contributed by atoms with E-state index in [9.17, 15) is 13.6 Å². The third kappa shape index (κ3) is 2.63. The highest BCUT2D eigenvalue weighted by atomic mass is 79.9. The summed E-state index contributed by atoms with van der Waals surface area (Å²) < 4.78 is 29.2. The van der Waals surface area contributed by atoms with Crippen LogP contribution in [0.4, 0.5) is 8.78 Å². The molecule has 2 aromatic rings. The smallest absolute Gasteiger partial charge is 0.257 e. The van der Waals surface area contributed by atoms with Crippen LogP contribution in [0.2, 0.25) is 0 Å². The molecule has 21 heavy (non-hydrogen) atoms. The van der Waals surface area contributed by atoms with Gasteiger partial charge in [0.2, 0.25) is 0 Å². The summed E-state index contributed by atoms with van der Waals surface area (Å²) >= 11 is 3.02. The first kappa shape index (κ1) is 14.3. The molecule has 1 aliphatic rings. The maximum Gasteiger partial charge on any atom is 0.257 e. The number of halogens is 3. The van der Waals surface area contributed by atoms with Gasteiger partial charge in [0, 0.05) is 17.7 Å². The van der Waals surface area contributed by atoms with E-state index in [1.54, 1.807) is 0 Å². The molecule has 0 saturated heterocycles. The summed E-state index contributed by atoms with van der Waals surface area (Å²) in [7, 11) is 0. The van der Waals surface area contributed by atoms with Crippen LogP contribution in [-0.4, -0.2) is 16.1 Å². The molecule has 3 rings (SSSR count). The molecule has 1 aromatic heterocycles. The lowest BCUT2D eigenvalue weighted by Gasteiger charge is -2.17. The fraction of sp³-hybridized carbons (Fsp3) is 0.286. The largest absolute Gasteiger partial charge is 0.311 e. The Morgan fingerprint density at radius 1 is 1.38 bits per heavy atom. The van der Waals surface area contributed by atoms with Gasteiger partial charge in [-0.1, -0.05) is 0 Å². The number of benzene rings is 1. The van der Waals surface area contributed by atoms with Crippen molar-refractivity contribution in [3.8, 4) is 0 Å². The number of nitrogens with one attached hydrogen (secondary N) is 1. The van der Waals surface area contributed by atoms with Crippen LogP contribution in [0.15, 0.2) is 27.7 Å². The van der Waals surface area contributed by atoms with Crippen LogP contribution in [0, 0.1) is 11.6 Å². The molecule has 0 atom stereocenters. The van der Waals surface area contributed by atoms with Crippen molar-refractivity contribution in [3.05, 3.63) is 61.7 Å². The van der Waals surface area contributed by atoms with E-state index in [1.807, 2.05) is 0 Å². The lowest BCUT2D eigenvalue weighted by Crippen LogP contribution is -2.34. The number of nitrogens with zero attached hydrogens (tertiary/aromatic N) is 2. The first-order chi connectivity index (χ1) is 10.1. The maximum atomic E-state index is 14.0. The highest BCUT2D eigenvalue weighted by molar-refractivity contribution is 9.10. The molecule has 7 heteroatoms. The third-order valence-corrected chi connectivity index (χ3v) is 4.14. The number of hydrogen-bond donors (Lipinski definition) is 1. The van der Waals surface area contributed by atoms with Crippen LogP contribution >= 0.6 is 15.9 Å². The van der Waals surface area contributed by atoms with E-state index < -0.39 is 11.6 Å². The normalized spacial score (nSPS) is 14.0. The van der Waals surface area contributed by atoms with Crippen molar-refractivity contribution in [3.63, 3.8) is 0 Å². The summed E-state index contributed by atoms with van der Waals surface area (Å²) in [5, 5.41) is 3.13. The van der Waals surface area contributed by atoms with Gasteiger partial charge in [0.05, 0.1) is 23.0 Å². The Kier molecular flexibility index (Phi) is 3.86. The molecule has 0 spiro atoms. The summed E-state index contributed by atoms with van der Waals surface area (Å²) in [6.07, 6.45) is 1.92. The summed E-state index contributed by atoms with van der Waals surface area (Å²) in [6.45, 7) is 1.07. The summed E-state index contributed by atoms with van der Waals surface area (Å²) in [5.74, 6) is -1.37. The van der Waals surface area contributed by atoms with E-state index in [-0.39, 0.29) is 22.1 Å². The Bertz CT molecular complexity index is 761. The second-order valence-electron chi connectivity index (χ2n) is 4.85. The number of hydrogen-bond acceptors (Lipinski definition) is 3. The van der Waals surface area contributed by atoms with E-state index in [0.717, 1.165) is 0 Å². The second kappa shape index (κ2) is 5.65. The average Bonchev–Trinajstić information content (AvgIpc) is 2.50. The van der Waals surface area contributed by atoms with Crippen LogP contribution in [0.3, 0.4) is 0 Å². The molecule has 0 radical (unpaired) electrons. The molecule has 1 aliphatic heterocycles. The lowest BCUT2D eigenvalue weighted by atomic mass is 10.1. The number of rotatable bonds is 2. The monoisotopic (exact) mass is 355 g/mol. The Labute approximate surface area is 128 Å². The Morgan fingerprint density at radius 2 is 2.19 bits per heavy atom. The summed E-state index contributed by atoms with van der Waals surface area (Å²) in [6, 6.07) is 2.47. The molecule has 0 unspecified atom stereocenters. The van der Waals surface area contributed by atoms with Crippen LogP contribution in [0.5, 0.6) is 0 Å². The highest BCUT2D eigenvalue weighted by Gasteiger charge is 2.18. The minimum atomic E-state index is -0.693. The highest BCUT2D eigenvalue weighted by Crippen LogP contribution is 2.22. The van der Waals surface area contributed by atoms with Gasteiger partial charge in [-0.3, -0.25) is 9.36 Å². The van der Waals surface area contributed by atoms with Crippen molar-refractivity contribution < 1.29 is 8.78 Å². The Morgan fingerprint density at radius 3 is 3.00 bits per heavy atom. The van der Waals surface area contributed by atoms with Gasteiger partial charge in [-0.05, 0) is 41.0 Å². The van der Waals surface area contributed by atoms with E-state index in [4.69, 9.17) is 0 Å². The molecule has 1 N–H and O–H groups in total. The first-order valence-corrected chi connectivity index (χ1v) is 7.27. The molecular formula is C14H12BrF2N3O. The molecule has 4 nitrogen and oxygen atoms in total. The molecule has 110 valence electrons. The van der Waals surface area contributed by atoms with Gasteiger partial charge in [0.25, 0.3) is 5.56 Å². The van der Waals surface area contributed by atoms with Crippen LogP contribution in [-0.2, 0) is 19.5 Å². The minimum absolute atomic E-state index is 0.151. The minimum Gasteiger partial charge on any atom is -0.311 e. The van der Waals surface area contributed by atoms with Gasteiger partial charge < -0.3 is 5.32 Å². The summed E-state index contributed by atoms with van der Waals surface area (Å²) in [5.41, 5.74) is 0.937. The quantitative estimate of drug-likeness (QED) is 0.838. The topological polar surface area (TPSA) is 46.9 Å². The lowest BCUT2D eigenvalue weighted by molar-refractivity contribution is 0.530. The zero-order chi connectivity index (χ0) is 15.0. The molecule has 0 saturated carbocycles. The molecule has 2 heterocycles. The molecule has 0 bridgehead atoms. The molecule has 0 amide bonds. The van der Waals surface area contributed by atoms with E-state index in [1.165, 1.54) is 23.0 Å². The van der Waals surface area contributed by atoms with Gasteiger partial charge in [-0.15, -0.1) is 0 Å². The second-order valence-corrected chi connectivity index (χ2v) is 5.71. The SMILES string of the molecule is O=c1c2c(ncn1Cc1c(F)ccc(Br)c1F)CNCC2. The van der Waals surface area contributed by atoms with Crippen molar-refractivity contribution in [2.45, 2.75) is 19.5 Å². The van der Waals surface area contributed by atoms with E-state index >= 15 is 0 Å². The molecular weight excluding hydrogens is 344 g/mol. The van der Waals surface area contributed by atoms with Gasteiger partial charge in [0.1, 0.15) is 11.6 Å². The van der Waals surface area contributed by atoms with Crippen molar-refractivity contribution in [1.82, 2.24) is 14.9 Å². The Hall–Kier alpha value is -1.60. The van der Waals surface area contributed by atoms with Gasteiger partial charge >= 0.3 is 0 Å².